The number of nitrogens with zero attached hydrogens (tertiary/aromatic N) is 1. The molecule has 2 aromatic heterocycles. The predicted octanol–water partition coefficient (Wildman–Crippen LogP) is 3.54. The molecule has 0 saturated heterocycles. The Kier molecular flexibility index (Phi) is 4.87. The summed E-state index contributed by atoms with van der Waals surface area (Å²) in [4.78, 5) is 36.6. The van der Waals surface area contributed by atoms with Crippen LogP contribution in [0.2, 0.25) is 0 Å². The number of carbonyl (C=O) groups excluding carboxylic acids is 1. The predicted molar refractivity (Wildman–Crippen MR) is 102 cm³/mol. The van der Waals surface area contributed by atoms with Gasteiger partial charge in [-0.25, -0.2) is 14.4 Å². The third-order valence-corrected chi connectivity index (χ3v) is 5.07. The van der Waals surface area contributed by atoms with Crippen molar-refractivity contribution < 1.29 is 23.8 Å². The molecule has 0 saturated carbocycles. The van der Waals surface area contributed by atoms with Gasteiger partial charge in [0.2, 0.25) is 0 Å². The Hall–Kier alpha value is -3.33. The molecule has 2 N–H and O–H groups in total. The lowest BCUT2D eigenvalue weighted by molar-refractivity contribution is 0.0692. The normalized spacial score (nSPS) is 10.6. The second-order valence-electron chi connectivity index (χ2n) is 5.74. The molecule has 0 radical (unpaired) electrons. The highest BCUT2D eigenvalue weighted by atomic mass is 32.1. The highest BCUT2D eigenvalue weighted by molar-refractivity contribution is 7.22. The molecule has 1 aromatic carbocycles. The number of thiophene rings is 1. The Morgan fingerprint density at radius 1 is 1.26 bits per heavy atom. The van der Waals surface area contributed by atoms with Crippen molar-refractivity contribution in [1.82, 2.24) is 0 Å². The lowest BCUT2D eigenvalue weighted by atomic mass is 10.2. The van der Waals surface area contributed by atoms with E-state index in [0.29, 0.717) is 21.1 Å². The highest BCUT2D eigenvalue weighted by Gasteiger charge is 2.18. The Bertz CT molecular complexity index is 1100. The van der Waals surface area contributed by atoms with Gasteiger partial charge in [0, 0.05) is 24.9 Å². The summed E-state index contributed by atoms with van der Waals surface area (Å²) in [6.45, 7) is 1.90. The maximum atomic E-state index is 12.5. The number of aryl methyl sites for hydroxylation is 1. The summed E-state index contributed by atoms with van der Waals surface area (Å²) in [5.41, 5.74) is 0.349. The van der Waals surface area contributed by atoms with Gasteiger partial charge in [-0.1, -0.05) is 6.07 Å². The van der Waals surface area contributed by atoms with Crippen molar-refractivity contribution in [3.8, 4) is 5.75 Å². The van der Waals surface area contributed by atoms with E-state index in [1.54, 1.807) is 26.3 Å². The molecule has 0 aliphatic carbocycles. The van der Waals surface area contributed by atoms with Gasteiger partial charge in [0.05, 0.1) is 11.8 Å². The standard InChI is InChI=1S/C18H16N2O6S/c1-9-4-5-10(6-12(9)25-3)19-18(24)20(2)15-8-13-14(27-15)7-11(16(21)22)17(23)26-13/h4-8H,1-3H3,(H,19,24)(H,21,22). The van der Waals surface area contributed by atoms with Crippen LogP contribution in [-0.2, 0) is 0 Å². The summed E-state index contributed by atoms with van der Waals surface area (Å²) >= 11 is 1.14. The van der Waals surface area contributed by atoms with Gasteiger partial charge in [-0.2, -0.15) is 0 Å². The third-order valence-electron chi connectivity index (χ3n) is 3.93. The summed E-state index contributed by atoms with van der Waals surface area (Å²) in [7, 11) is 3.11. The number of urea groups is 1. The second-order valence-corrected chi connectivity index (χ2v) is 6.80. The van der Waals surface area contributed by atoms with E-state index in [-0.39, 0.29) is 5.58 Å². The number of carbonyl (C=O) groups is 2. The molecule has 2 amide bonds. The first-order chi connectivity index (χ1) is 12.8. The Labute approximate surface area is 157 Å². The van der Waals surface area contributed by atoms with Crippen molar-refractivity contribution in [3.63, 3.8) is 0 Å². The SMILES string of the molecule is COc1cc(NC(=O)N(C)c2cc3oc(=O)c(C(=O)O)cc3s2)ccc1C. The van der Waals surface area contributed by atoms with Crippen molar-refractivity contribution in [2.75, 3.05) is 24.4 Å². The number of nitrogens with one attached hydrogen (secondary N) is 1. The van der Waals surface area contributed by atoms with Crippen LogP contribution >= 0.6 is 11.3 Å². The van der Waals surface area contributed by atoms with Crippen LogP contribution in [0.15, 0.2) is 39.5 Å². The summed E-state index contributed by atoms with van der Waals surface area (Å²) < 4.78 is 10.7. The molecule has 9 heteroatoms. The summed E-state index contributed by atoms with van der Waals surface area (Å²) in [6.07, 6.45) is 0. The molecule has 0 aliphatic rings. The van der Waals surface area contributed by atoms with Crippen molar-refractivity contribution in [2.24, 2.45) is 0 Å². The minimum Gasteiger partial charge on any atom is -0.496 e. The van der Waals surface area contributed by atoms with Crippen LogP contribution in [0.1, 0.15) is 15.9 Å². The Morgan fingerprint density at radius 3 is 2.67 bits per heavy atom. The lowest BCUT2D eigenvalue weighted by Crippen LogP contribution is -2.30. The highest BCUT2D eigenvalue weighted by Crippen LogP contribution is 2.32. The zero-order valence-electron chi connectivity index (χ0n) is 14.7. The average Bonchev–Trinajstić information content (AvgIpc) is 3.04. The molecule has 0 spiro atoms. The number of hydrogen-bond donors (Lipinski definition) is 2. The second kappa shape index (κ2) is 7.12. The zero-order chi connectivity index (χ0) is 19.7. The number of rotatable bonds is 4. The zero-order valence-corrected chi connectivity index (χ0v) is 15.5. The third kappa shape index (κ3) is 3.63. The first kappa shape index (κ1) is 18.5. The molecular formula is C18H16N2O6S. The number of fused-ring (bicyclic) bond motifs is 1. The van der Waals surface area contributed by atoms with Gasteiger partial charge in [0.1, 0.15) is 16.3 Å². The van der Waals surface area contributed by atoms with Gasteiger partial charge in [0.15, 0.2) is 5.58 Å². The molecule has 0 atom stereocenters. The van der Waals surface area contributed by atoms with E-state index >= 15 is 0 Å². The molecule has 140 valence electrons. The van der Waals surface area contributed by atoms with E-state index in [4.69, 9.17) is 14.3 Å². The number of amides is 2. The molecule has 8 nitrogen and oxygen atoms in total. The van der Waals surface area contributed by atoms with Crippen LogP contribution in [0.5, 0.6) is 5.75 Å². The fourth-order valence-corrected chi connectivity index (χ4v) is 3.41. The summed E-state index contributed by atoms with van der Waals surface area (Å²) in [5.74, 6) is -0.708. The Morgan fingerprint density at radius 2 is 2.00 bits per heavy atom. The van der Waals surface area contributed by atoms with Crippen molar-refractivity contribution in [2.45, 2.75) is 6.92 Å². The number of carboxylic acids is 1. The quantitative estimate of drug-likeness (QED) is 0.708. The molecule has 0 unspecified atom stereocenters. The van der Waals surface area contributed by atoms with Crippen LogP contribution in [0.4, 0.5) is 15.5 Å². The van der Waals surface area contributed by atoms with Gasteiger partial charge >= 0.3 is 17.6 Å². The molecule has 3 rings (SSSR count). The largest absolute Gasteiger partial charge is 0.496 e. The van der Waals surface area contributed by atoms with Gasteiger partial charge in [-0.05, 0) is 24.6 Å². The van der Waals surface area contributed by atoms with E-state index in [9.17, 15) is 14.4 Å². The molecule has 27 heavy (non-hydrogen) atoms. The van der Waals surface area contributed by atoms with Gasteiger partial charge in [-0.15, -0.1) is 11.3 Å². The van der Waals surface area contributed by atoms with Crippen LogP contribution in [0, 0.1) is 6.92 Å². The number of hydrogen-bond acceptors (Lipinski definition) is 6. The van der Waals surface area contributed by atoms with E-state index in [1.807, 2.05) is 13.0 Å². The van der Waals surface area contributed by atoms with E-state index in [0.717, 1.165) is 16.9 Å². The molecule has 2 heterocycles. The van der Waals surface area contributed by atoms with Gasteiger partial charge < -0.3 is 19.6 Å². The fraction of sp³-hybridized carbons (Fsp3) is 0.167. The van der Waals surface area contributed by atoms with Crippen molar-refractivity contribution in [1.29, 1.82) is 0 Å². The van der Waals surface area contributed by atoms with Crippen molar-refractivity contribution in [3.05, 3.63) is 51.9 Å². The van der Waals surface area contributed by atoms with E-state index in [1.165, 1.54) is 17.0 Å². The summed E-state index contributed by atoms with van der Waals surface area (Å²) in [5, 5.41) is 12.3. The van der Waals surface area contributed by atoms with Crippen LogP contribution in [0.25, 0.3) is 10.3 Å². The lowest BCUT2D eigenvalue weighted by Gasteiger charge is -2.16. The number of carboxylic acid groups (broad SMARTS) is 1. The maximum absolute atomic E-state index is 12.5. The first-order valence-corrected chi connectivity index (χ1v) is 8.62. The van der Waals surface area contributed by atoms with Crippen molar-refractivity contribution >= 4 is 44.3 Å². The van der Waals surface area contributed by atoms with E-state index < -0.39 is 23.2 Å². The molecule has 0 aliphatic heterocycles. The van der Waals surface area contributed by atoms with Gasteiger partial charge in [0.25, 0.3) is 0 Å². The molecule has 3 aromatic rings. The number of methoxy groups -OCH3 is 1. The minimum absolute atomic E-state index is 0.224. The van der Waals surface area contributed by atoms with Crippen LogP contribution in [0.3, 0.4) is 0 Å². The van der Waals surface area contributed by atoms with Gasteiger partial charge in [-0.3, -0.25) is 4.90 Å². The average molecular weight is 388 g/mol. The first-order valence-electron chi connectivity index (χ1n) is 7.80. The fourth-order valence-electron chi connectivity index (χ4n) is 2.42. The number of anilines is 2. The molecule has 0 bridgehead atoms. The van der Waals surface area contributed by atoms with E-state index in [2.05, 4.69) is 5.32 Å². The number of aromatic carboxylic acids is 1. The maximum Gasteiger partial charge on any atom is 0.351 e. The molecule has 0 fully saturated rings. The number of ether oxygens (including phenoxy) is 1. The minimum atomic E-state index is -1.36. The Balaban J connectivity index is 1.86. The summed E-state index contributed by atoms with van der Waals surface area (Å²) in [6, 6.07) is 7.65. The smallest absolute Gasteiger partial charge is 0.351 e. The van der Waals surface area contributed by atoms with Crippen LogP contribution in [-0.4, -0.2) is 31.3 Å². The monoisotopic (exact) mass is 388 g/mol. The van der Waals surface area contributed by atoms with Crippen LogP contribution < -0.4 is 20.6 Å². The molecular weight excluding hydrogens is 372 g/mol. The topological polar surface area (TPSA) is 109 Å². The number of benzene rings is 1.